The molecule has 3 aromatic carbocycles. The maximum Gasteiger partial charge on any atom is 0.296 e. The Morgan fingerprint density at radius 3 is 2.41 bits per heavy atom. The third kappa shape index (κ3) is 3.69. The summed E-state index contributed by atoms with van der Waals surface area (Å²) in [6.45, 7) is 0. The number of ketones is 1. The van der Waals surface area contributed by atoms with Crippen molar-refractivity contribution in [1.82, 2.24) is 0 Å². The first-order valence-corrected chi connectivity index (χ1v) is 11.5. The highest BCUT2D eigenvalue weighted by molar-refractivity contribution is 9.10. The van der Waals surface area contributed by atoms with Crippen LogP contribution in [0, 0.1) is 11.8 Å². The predicted octanol–water partition coefficient (Wildman–Crippen LogP) is 7.02. The van der Waals surface area contributed by atoms with Gasteiger partial charge in [0, 0.05) is 16.3 Å². The van der Waals surface area contributed by atoms with E-state index >= 15 is 0 Å². The second-order valence-corrected chi connectivity index (χ2v) is 9.27. The van der Waals surface area contributed by atoms with E-state index in [1.165, 1.54) is 0 Å². The molecule has 3 aromatic rings. The highest BCUT2D eigenvalue weighted by Crippen LogP contribution is 2.43. The molecule has 1 amide bonds. The van der Waals surface area contributed by atoms with Gasteiger partial charge in [0.15, 0.2) is 11.5 Å². The molecule has 0 radical (unpaired) electrons. The van der Waals surface area contributed by atoms with E-state index in [0.717, 1.165) is 52.1 Å². The average molecular weight is 489 g/mol. The molecule has 0 saturated heterocycles. The topological polar surface area (TPSA) is 79.1 Å². The number of nitrogens with zero attached hydrogens (tertiary/aromatic N) is 2. The van der Waals surface area contributed by atoms with Crippen LogP contribution in [-0.2, 0) is 4.79 Å². The number of allylic oxidation sites excluding steroid dienone is 2. The van der Waals surface area contributed by atoms with Gasteiger partial charge in [0.2, 0.25) is 0 Å². The lowest BCUT2D eigenvalue weighted by Gasteiger charge is -2.23. The average Bonchev–Trinajstić information content (AvgIpc) is 3.07. The molecular weight excluding hydrogens is 468 g/mol. The van der Waals surface area contributed by atoms with Crippen molar-refractivity contribution < 1.29 is 14.7 Å². The number of aliphatic hydroxyl groups excluding tert-OH is 1. The summed E-state index contributed by atoms with van der Waals surface area (Å²) < 4.78 is 0.974. The van der Waals surface area contributed by atoms with Gasteiger partial charge in [0.05, 0.1) is 5.56 Å². The smallest absolute Gasteiger partial charge is 0.296 e. The number of azo groups is 1. The summed E-state index contributed by atoms with van der Waals surface area (Å²) in [5.74, 6) is -1.15. The first-order valence-electron chi connectivity index (χ1n) is 10.7. The molecule has 5 nitrogen and oxygen atoms in total. The lowest BCUT2D eigenvalue weighted by atomic mass is 9.80. The molecule has 0 aromatic heterocycles. The van der Waals surface area contributed by atoms with Crippen molar-refractivity contribution in [2.75, 3.05) is 0 Å². The molecule has 1 fully saturated rings. The van der Waals surface area contributed by atoms with E-state index in [1.807, 2.05) is 54.6 Å². The Hall–Kier alpha value is -3.12. The number of rotatable bonds is 3. The van der Waals surface area contributed by atoms with E-state index < -0.39 is 5.91 Å². The van der Waals surface area contributed by atoms with Gasteiger partial charge in [-0.2, -0.15) is 0 Å². The normalized spacial score (nSPS) is 20.8. The molecule has 32 heavy (non-hydrogen) atoms. The van der Waals surface area contributed by atoms with Crippen LogP contribution in [0.1, 0.15) is 36.0 Å². The fraction of sp³-hybridized carbons (Fsp3) is 0.231. The summed E-state index contributed by atoms with van der Waals surface area (Å²) in [4.78, 5) is 25.8. The van der Waals surface area contributed by atoms with E-state index in [4.69, 9.17) is 0 Å². The van der Waals surface area contributed by atoms with Crippen molar-refractivity contribution in [3.63, 3.8) is 0 Å². The Bertz CT molecular complexity index is 1290. The van der Waals surface area contributed by atoms with Gasteiger partial charge in [-0.25, -0.2) is 0 Å². The van der Waals surface area contributed by atoms with Gasteiger partial charge >= 0.3 is 0 Å². The molecule has 1 saturated carbocycles. The maximum absolute atomic E-state index is 13.1. The van der Waals surface area contributed by atoms with Gasteiger partial charge < -0.3 is 5.11 Å². The summed E-state index contributed by atoms with van der Waals surface area (Å²) in [6, 6.07) is 19.3. The first kappa shape index (κ1) is 20.8. The molecule has 5 rings (SSSR count). The van der Waals surface area contributed by atoms with Crippen molar-refractivity contribution in [1.29, 1.82) is 0 Å². The minimum Gasteiger partial charge on any atom is -0.510 e. The molecule has 0 spiro atoms. The molecule has 2 atom stereocenters. The molecule has 0 aliphatic heterocycles. The predicted molar refractivity (Wildman–Crippen MR) is 126 cm³/mol. The van der Waals surface area contributed by atoms with Gasteiger partial charge in [-0.1, -0.05) is 65.2 Å². The first-order chi connectivity index (χ1) is 15.5. The summed E-state index contributed by atoms with van der Waals surface area (Å²) in [6.07, 6.45) is 3.48. The SMILES string of the molecule is O=C(N=NC1=C(O)C2CCCCC2C1=O)c1cc(-c2ccc(Br)cc2)cc2ccccc12. The number of hydrogen-bond donors (Lipinski definition) is 1. The number of benzene rings is 3. The molecule has 0 heterocycles. The molecule has 160 valence electrons. The summed E-state index contributed by atoms with van der Waals surface area (Å²) in [7, 11) is 0. The number of fused-ring (bicyclic) bond motifs is 2. The molecule has 2 unspecified atom stereocenters. The van der Waals surface area contributed by atoms with Crippen LogP contribution in [0.15, 0.2) is 86.8 Å². The molecule has 2 aliphatic rings. The molecule has 0 bridgehead atoms. The van der Waals surface area contributed by atoms with Crippen molar-refractivity contribution >= 4 is 38.4 Å². The zero-order valence-corrected chi connectivity index (χ0v) is 18.9. The number of carbonyl (C=O) groups excluding carboxylic acids is 2. The Labute approximate surface area is 194 Å². The van der Waals surface area contributed by atoms with Gasteiger partial charge in [-0.15, -0.1) is 10.2 Å². The van der Waals surface area contributed by atoms with E-state index in [9.17, 15) is 14.7 Å². The van der Waals surface area contributed by atoms with E-state index in [1.54, 1.807) is 6.07 Å². The largest absolute Gasteiger partial charge is 0.510 e. The maximum atomic E-state index is 13.1. The fourth-order valence-electron chi connectivity index (χ4n) is 4.80. The molecule has 1 N–H and O–H groups in total. The Kier molecular flexibility index (Phi) is 5.47. The van der Waals surface area contributed by atoms with Crippen LogP contribution >= 0.6 is 15.9 Å². The summed E-state index contributed by atoms with van der Waals surface area (Å²) >= 11 is 3.45. The zero-order chi connectivity index (χ0) is 22.2. The Morgan fingerprint density at radius 1 is 0.938 bits per heavy atom. The van der Waals surface area contributed by atoms with Crippen molar-refractivity contribution in [2.24, 2.45) is 22.1 Å². The second kappa shape index (κ2) is 8.43. The Morgan fingerprint density at radius 2 is 1.66 bits per heavy atom. The van der Waals surface area contributed by atoms with Gasteiger partial charge in [0.25, 0.3) is 5.91 Å². The van der Waals surface area contributed by atoms with Crippen LogP contribution in [0.5, 0.6) is 0 Å². The molecule has 6 heteroatoms. The Balaban J connectivity index is 1.52. The quantitative estimate of drug-likeness (QED) is 0.402. The monoisotopic (exact) mass is 488 g/mol. The number of hydrogen-bond acceptors (Lipinski definition) is 4. The van der Waals surface area contributed by atoms with Crippen molar-refractivity contribution in [3.8, 4) is 11.1 Å². The van der Waals surface area contributed by atoms with Gasteiger partial charge in [-0.05, 0) is 59.0 Å². The van der Waals surface area contributed by atoms with Crippen LogP contribution in [-0.4, -0.2) is 16.8 Å². The van der Waals surface area contributed by atoms with Gasteiger partial charge in [-0.3, -0.25) is 9.59 Å². The fourth-order valence-corrected chi connectivity index (χ4v) is 5.06. The minimum atomic E-state index is -0.539. The number of halogens is 1. The van der Waals surface area contributed by atoms with Gasteiger partial charge in [0.1, 0.15) is 5.76 Å². The minimum absolute atomic E-state index is 0.00952. The van der Waals surface area contributed by atoms with Crippen molar-refractivity contribution in [3.05, 3.63) is 82.2 Å². The number of carbonyl (C=O) groups is 2. The zero-order valence-electron chi connectivity index (χ0n) is 17.3. The highest BCUT2D eigenvalue weighted by Gasteiger charge is 2.43. The molecular formula is C26H21BrN2O3. The third-order valence-electron chi connectivity index (χ3n) is 6.44. The summed E-state index contributed by atoms with van der Waals surface area (Å²) in [5.41, 5.74) is 2.22. The van der Waals surface area contributed by atoms with Crippen LogP contribution < -0.4 is 0 Å². The van der Waals surface area contributed by atoms with Crippen LogP contribution in [0.2, 0.25) is 0 Å². The standard InChI is InChI=1S/C26H21BrN2O3/c27-18-11-9-15(10-12-18)17-13-16-5-1-2-6-19(16)22(14-17)26(32)29-28-23-24(30)20-7-3-4-8-21(20)25(23)31/h1-2,5-6,9-14,20-21,30H,3-4,7-8H2. The number of amides is 1. The van der Waals surface area contributed by atoms with E-state index in [-0.39, 0.29) is 29.1 Å². The van der Waals surface area contributed by atoms with Crippen molar-refractivity contribution in [2.45, 2.75) is 25.7 Å². The lowest BCUT2D eigenvalue weighted by molar-refractivity contribution is -0.120. The van der Waals surface area contributed by atoms with E-state index in [0.29, 0.717) is 5.56 Å². The van der Waals surface area contributed by atoms with Crippen LogP contribution in [0.25, 0.3) is 21.9 Å². The van der Waals surface area contributed by atoms with Crippen LogP contribution in [0.3, 0.4) is 0 Å². The van der Waals surface area contributed by atoms with Crippen LogP contribution in [0.4, 0.5) is 0 Å². The van der Waals surface area contributed by atoms with E-state index in [2.05, 4.69) is 26.2 Å². The highest BCUT2D eigenvalue weighted by atomic mass is 79.9. The second-order valence-electron chi connectivity index (χ2n) is 8.35. The lowest BCUT2D eigenvalue weighted by Crippen LogP contribution is -2.21. The number of aliphatic hydroxyl groups is 1. The summed E-state index contributed by atoms with van der Waals surface area (Å²) in [5, 5.41) is 20.0. The number of Topliss-reactive ketones (excluding diaryl/α,β-unsaturated/α-hetero) is 1. The third-order valence-corrected chi connectivity index (χ3v) is 6.97. The molecule has 2 aliphatic carbocycles.